The topological polar surface area (TPSA) is 83.8 Å². The molecule has 0 unspecified atom stereocenters. The first kappa shape index (κ1) is 14.5. The van der Waals surface area contributed by atoms with Crippen LogP contribution in [0.15, 0.2) is 24.3 Å². The number of carboxylic acid groups (broad SMARTS) is 2. The van der Waals surface area contributed by atoms with Gasteiger partial charge in [-0.15, -0.1) is 0 Å². The molecule has 0 radical (unpaired) electrons. The van der Waals surface area contributed by atoms with Crippen molar-refractivity contribution in [1.82, 2.24) is 0 Å². The van der Waals surface area contributed by atoms with E-state index in [4.69, 9.17) is 14.9 Å². The van der Waals surface area contributed by atoms with Gasteiger partial charge in [0.15, 0.2) is 0 Å². The molecule has 5 nitrogen and oxygen atoms in total. The highest BCUT2D eigenvalue weighted by molar-refractivity contribution is 5.87. The van der Waals surface area contributed by atoms with Gasteiger partial charge in [0.25, 0.3) is 0 Å². The molecule has 1 aliphatic carbocycles. The molecule has 0 spiro atoms. The van der Waals surface area contributed by atoms with Crippen LogP contribution in [0.5, 0.6) is 0 Å². The number of aliphatic carboxylic acids is 1. The van der Waals surface area contributed by atoms with Crippen LogP contribution in [0.2, 0.25) is 0 Å². The van der Waals surface area contributed by atoms with Gasteiger partial charge in [0.05, 0.1) is 11.7 Å². The van der Waals surface area contributed by atoms with Crippen molar-refractivity contribution in [2.75, 3.05) is 6.61 Å². The van der Waals surface area contributed by atoms with Crippen molar-refractivity contribution in [2.24, 2.45) is 0 Å². The summed E-state index contributed by atoms with van der Waals surface area (Å²) >= 11 is 0. The van der Waals surface area contributed by atoms with Gasteiger partial charge in [0, 0.05) is 0 Å². The Morgan fingerprint density at radius 3 is 2.15 bits per heavy atom. The van der Waals surface area contributed by atoms with Crippen LogP contribution in [-0.4, -0.2) is 34.9 Å². The minimum atomic E-state index is -0.934. The van der Waals surface area contributed by atoms with Gasteiger partial charge in [-0.3, -0.25) is 0 Å². The molecule has 108 valence electrons. The standard InChI is InChI=1S/C15H18O5/c16-14(17)9-20-13-7-5-11(6-8-13)10-1-3-12(4-2-10)15(18)19/h1-4,11,13H,5-9H2,(H,16,17)(H,18,19). The van der Waals surface area contributed by atoms with Crippen molar-refractivity contribution in [1.29, 1.82) is 0 Å². The average molecular weight is 278 g/mol. The van der Waals surface area contributed by atoms with Gasteiger partial charge in [0.1, 0.15) is 6.61 Å². The molecule has 1 saturated carbocycles. The Kier molecular flexibility index (Phi) is 4.74. The Labute approximate surface area is 117 Å². The van der Waals surface area contributed by atoms with Crippen LogP contribution in [0.25, 0.3) is 0 Å². The molecule has 0 atom stereocenters. The second-order valence-electron chi connectivity index (χ2n) is 5.11. The van der Waals surface area contributed by atoms with Crippen LogP contribution in [0.3, 0.4) is 0 Å². The molecule has 0 aliphatic heterocycles. The fourth-order valence-corrected chi connectivity index (χ4v) is 2.65. The molecule has 0 saturated heterocycles. The van der Waals surface area contributed by atoms with Crippen molar-refractivity contribution in [3.8, 4) is 0 Å². The molecule has 2 rings (SSSR count). The third-order valence-electron chi connectivity index (χ3n) is 3.75. The maximum Gasteiger partial charge on any atom is 0.335 e. The van der Waals surface area contributed by atoms with Crippen LogP contribution in [0.1, 0.15) is 47.5 Å². The SMILES string of the molecule is O=C(O)COC1CCC(c2ccc(C(=O)O)cc2)CC1. The largest absolute Gasteiger partial charge is 0.480 e. The van der Waals surface area contributed by atoms with E-state index in [2.05, 4.69) is 0 Å². The molecule has 1 aromatic carbocycles. The number of carboxylic acids is 2. The monoisotopic (exact) mass is 278 g/mol. The van der Waals surface area contributed by atoms with Gasteiger partial charge in [-0.25, -0.2) is 9.59 Å². The summed E-state index contributed by atoms with van der Waals surface area (Å²) in [5.41, 5.74) is 1.44. The zero-order valence-electron chi connectivity index (χ0n) is 11.1. The zero-order chi connectivity index (χ0) is 14.5. The predicted molar refractivity (Wildman–Crippen MR) is 72.0 cm³/mol. The van der Waals surface area contributed by atoms with E-state index in [1.54, 1.807) is 12.1 Å². The normalized spacial score (nSPS) is 22.4. The highest BCUT2D eigenvalue weighted by atomic mass is 16.5. The van der Waals surface area contributed by atoms with Crippen LogP contribution in [0, 0.1) is 0 Å². The third-order valence-corrected chi connectivity index (χ3v) is 3.75. The number of ether oxygens (including phenoxy) is 1. The number of carbonyl (C=O) groups is 2. The van der Waals surface area contributed by atoms with Crippen LogP contribution in [0.4, 0.5) is 0 Å². The van der Waals surface area contributed by atoms with Crippen LogP contribution >= 0.6 is 0 Å². The maximum atomic E-state index is 10.8. The maximum absolute atomic E-state index is 10.8. The quantitative estimate of drug-likeness (QED) is 0.864. The van der Waals surface area contributed by atoms with Gasteiger partial charge in [-0.2, -0.15) is 0 Å². The van der Waals surface area contributed by atoms with Gasteiger partial charge in [-0.1, -0.05) is 12.1 Å². The Bertz CT molecular complexity index is 472. The fraction of sp³-hybridized carbons (Fsp3) is 0.467. The van der Waals surface area contributed by atoms with E-state index in [9.17, 15) is 9.59 Å². The summed E-state index contributed by atoms with van der Waals surface area (Å²) in [7, 11) is 0. The van der Waals surface area contributed by atoms with Crippen molar-refractivity contribution in [2.45, 2.75) is 37.7 Å². The number of aromatic carboxylic acids is 1. The van der Waals surface area contributed by atoms with Gasteiger partial charge in [0.2, 0.25) is 0 Å². The summed E-state index contributed by atoms with van der Waals surface area (Å²) in [4.78, 5) is 21.2. The van der Waals surface area contributed by atoms with E-state index in [0.29, 0.717) is 11.5 Å². The molecule has 1 aromatic rings. The molecular weight excluding hydrogens is 260 g/mol. The number of benzene rings is 1. The van der Waals surface area contributed by atoms with E-state index < -0.39 is 11.9 Å². The molecule has 0 aromatic heterocycles. The summed E-state index contributed by atoms with van der Waals surface area (Å²) in [6, 6.07) is 6.99. The highest BCUT2D eigenvalue weighted by Gasteiger charge is 2.23. The number of hydrogen-bond donors (Lipinski definition) is 2. The van der Waals surface area contributed by atoms with Gasteiger partial charge in [-0.05, 0) is 49.3 Å². The third kappa shape index (κ3) is 3.81. The van der Waals surface area contributed by atoms with Gasteiger partial charge < -0.3 is 14.9 Å². The van der Waals surface area contributed by atoms with Crippen molar-refractivity contribution < 1.29 is 24.5 Å². The molecule has 0 heterocycles. The van der Waals surface area contributed by atoms with Crippen molar-refractivity contribution >= 4 is 11.9 Å². The predicted octanol–water partition coefficient (Wildman–Crippen LogP) is 2.51. The second kappa shape index (κ2) is 6.52. The smallest absolute Gasteiger partial charge is 0.335 e. The Balaban J connectivity index is 1.87. The summed E-state index contributed by atoms with van der Waals surface area (Å²) in [5.74, 6) is -1.44. The lowest BCUT2D eigenvalue weighted by Crippen LogP contribution is -2.23. The average Bonchev–Trinajstić information content (AvgIpc) is 2.46. The lowest BCUT2D eigenvalue weighted by atomic mass is 9.82. The summed E-state index contributed by atoms with van der Waals surface area (Å²) in [5, 5.41) is 17.4. The molecular formula is C15H18O5. The minimum absolute atomic E-state index is 0.0284. The molecule has 20 heavy (non-hydrogen) atoms. The van der Waals surface area contributed by atoms with Gasteiger partial charge >= 0.3 is 11.9 Å². The number of hydrogen-bond acceptors (Lipinski definition) is 3. The first-order chi connectivity index (χ1) is 9.56. The zero-order valence-corrected chi connectivity index (χ0v) is 11.1. The Morgan fingerprint density at radius 1 is 1.05 bits per heavy atom. The molecule has 1 aliphatic rings. The van der Waals surface area contributed by atoms with E-state index in [1.165, 1.54) is 0 Å². The second-order valence-corrected chi connectivity index (χ2v) is 5.11. The van der Waals surface area contributed by atoms with Crippen molar-refractivity contribution in [3.63, 3.8) is 0 Å². The first-order valence-electron chi connectivity index (χ1n) is 6.73. The molecule has 2 N–H and O–H groups in total. The Hall–Kier alpha value is -1.88. The lowest BCUT2D eigenvalue weighted by Gasteiger charge is -2.28. The van der Waals surface area contributed by atoms with E-state index >= 15 is 0 Å². The lowest BCUT2D eigenvalue weighted by molar-refractivity contribution is -0.145. The van der Waals surface area contributed by atoms with E-state index in [-0.39, 0.29) is 12.7 Å². The molecule has 5 heteroatoms. The minimum Gasteiger partial charge on any atom is -0.480 e. The summed E-state index contributed by atoms with van der Waals surface area (Å²) < 4.78 is 5.30. The first-order valence-corrected chi connectivity index (χ1v) is 6.73. The van der Waals surface area contributed by atoms with E-state index in [0.717, 1.165) is 31.2 Å². The number of rotatable bonds is 5. The summed E-state index contributed by atoms with van der Waals surface area (Å²) in [6.45, 7) is -0.233. The molecule has 0 amide bonds. The highest BCUT2D eigenvalue weighted by Crippen LogP contribution is 2.34. The van der Waals surface area contributed by atoms with Crippen LogP contribution in [-0.2, 0) is 9.53 Å². The Morgan fingerprint density at radius 2 is 1.65 bits per heavy atom. The molecule has 1 fully saturated rings. The van der Waals surface area contributed by atoms with Crippen LogP contribution < -0.4 is 0 Å². The van der Waals surface area contributed by atoms with E-state index in [1.807, 2.05) is 12.1 Å². The summed E-state index contributed by atoms with van der Waals surface area (Å²) in [6.07, 6.45) is 3.60. The fourth-order valence-electron chi connectivity index (χ4n) is 2.65. The molecule has 0 bridgehead atoms. The van der Waals surface area contributed by atoms with Crippen molar-refractivity contribution in [3.05, 3.63) is 35.4 Å².